The van der Waals surface area contributed by atoms with E-state index in [4.69, 9.17) is 24.3 Å². The highest BCUT2D eigenvalue weighted by atomic mass is 31.2. The largest absolute Gasteiger partial charge is 0.465 e. The summed E-state index contributed by atoms with van der Waals surface area (Å²) >= 11 is 0. The second-order valence-corrected chi connectivity index (χ2v) is 17.9. The lowest BCUT2D eigenvalue weighted by Crippen LogP contribution is -2.43. The maximum absolute atomic E-state index is 14.7. The summed E-state index contributed by atoms with van der Waals surface area (Å²) in [5.41, 5.74) is 5.52. The number of nitrogens with one attached hydrogen (secondary N) is 1. The van der Waals surface area contributed by atoms with Gasteiger partial charge in [0.2, 0.25) is 0 Å². The first-order valence-electron chi connectivity index (χ1n) is 22.1. The van der Waals surface area contributed by atoms with Crippen molar-refractivity contribution in [2.45, 2.75) is 160 Å². The number of unbranched alkanes of at least 4 members (excludes halogenated alkanes) is 16. The SMILES string of the molecule is CCCCCCCCCCCCCCCCCCCOC(=O)[C@H](Cc1ccccc1)N[P@](=O)(OC[C@@]1(C)O[C@@H](n2cnc3c(N)nc(F)nc32)C[C@@H]1O)Oc1ccccc1. The zero-order valence-electron chi connectivity index (χ0n) is 35.5. The molecule has 2 aromatic carbocycles. The second-order valence-electron chi connectivity index (χ2n) is 16.2. The Bertz CT molecular complexity index is 1910. The number of benzene rings is 2. The van der Waals surface area contributed by atoms with E-state index in [1.54, 1.807) is 37.3 Å². The third kappa shape index (κ3) is 14.9. The molecule has 2 aromatic heterocycles. The van der Waals surface area contributed by atoms with Crippen molar-refractivity contribution >= 4 is 30.7 Å². The summed E-state index contributed by atoms with van der Waals surface area (Å²) in [5, 5.41) is 14.1. The van der Waals surface area contributed by atoms with Gasteiger partial charge < -0.3 is 24.8 Å². The third-order valence-corrected chi connectivity index (χ3v) is 12.7. The minimum Gasteiger partial charge on any atom is -0.465 e. The molecule has 0 saturated carbocycles. The first-order chi connectivity index (χ1) is 29.1. The number of carbonyl (C=O) groups excluding carboxylic acids is 1. The number of nitrogens with zero attached hydrogens (tertiary/aromatic N) is 4. The minimum absolute atomic E-state index is 0.0521. The predicted molar refractivity (Wildman–Crippen MR) is 232 cm³/mol. The van der Waals surface area contributed by atoms with Gasteiger partial charge in [-0.1, -0.05) is 158 Å². The van der Waals surface area contributed by atoms with Gasteiger partial charge in [0.15, 0.2) is 17.0 Å². The molecule has 330 valence electrons. The van der Waals surface area contributed by atoms with Crippen LogP contribution in [-0.2, 0) is 29.8 Å². The van der Waals surface area contributed by atoms with Gasteiger partial charge in [0.05, 0.1) is 25.6 Å². The van der Waals surface area contributed by atoms with Gasteiger partial charge in [0.25, 0.3) is 0 Å². The molecule has 0 radical (unpaired) electrons. The molecule has 0 spiro atoms. The Morgan fingerprint density at radius 2 is 1.48 bits per heavy atom. The fourth-order valence-electron chi connectivity index (χ4n) is 7.55. The van der Waals surface area contributed by atoms with Crippen molar-refractivity contribution in [1.29, 1.82) is 0 Å². The van der Waals surface area contributed by atoms with Crippen molar-refractivity contribution in [1.82, 2.24) is 24.6 Å². The number of esters is 1. The van der Waals surface area contributed by atoms with Crippen LogP contribution in [0.15, 0.2) is 67.0 Å². The molecule has 3 heterocycles. The molecule has 60 heavy (non-hydrogen) atoms. The molecule has 4 aromatic rings. The number of para-hydroxylation sites is 1. The highest BCUT2D eigenvalue weighted by Crippen LogP contribution is 2.48. The van der Waals surface area contributed by atoms with E-state index in [1.165, 1.54) is 101 Å². The maximum Gasteiger partial charge on any atom is 0.459 e. The number of anilines is 1. The number of nitrogen functional groups attached to an aromatic ring is 1. The molecule has 0 aliphatic carbocycles. The topological polar surface area (TPSA) is 173 Å². The number of rotatable bonds is 29. The first kappa shape index (κ1) is 47.1. The lowest BCUT2D eigenvalue weighted by molar-refractivity contribution is -0.146. The van der Waals surface area contributed by atoms with E-state index in [1.807, 2.05) is 30.3 Å². The van der Waals surface area contributed by atoms with Crippen LogP contribution in [0.2, 0.25) is 0 Å². The Kier molecular flexibility index (Phi) is 19.2. The van der Waals surface area contributed by atoms with E-state index < -0.39 is 50.4 Å². The Morgan fingerprint density at radius 3 is 2.08 bits per heavy atom. The molecule has 13 nitrogen and oxygen atoms in total. The highest BCUT2D eigenvalue weighted by molar-refractivity contribution is 7.52. The predicted octanol–water partition coefficient (Wildman–Crippen LogP) is 10.2. The minimum atomic E-state index is -4.37. The fourth-order valence-corrected chi connectivity index (χ4v) is 9.13. The Morgan fingerprint density at radius 1 is 0.917 bits per heavy atom. The van der Waals surface area contributed by atoms with Crippen LogP contribution in [0.3, 0.4) is 0 Å². The molecule has 5 atom stereocenters. The number of ether oxygens (including phenoxy) is 2. The van der Waals surface area contributed by atoms with E-state index in [2.05, 4.69) is 27.0 Å². The van der Waals surface area contributed by atoms with Crippen LogP contribution in [0, 0.1) is 6.08 Å². The summed E-state index contributed by atoms with van der Waals surface area (Å²) < 4.78 is 54.3. The Balaban J connectivity index is 1.12. The molecule has 1 saturated heterocycles. The summed E-state index contributed by atoms with van der Waals surface area (Å²) in [5.74, 6) is -0.474. The van der Waals surface area contributed by atoms with Crippen molar-refractivity contribution in [2.75, 3.05) is 18.9 Å². The average molecular weight is 853 g/mol. The van der Waals surface area contributed by atoms with Crippen LogP contribution in [0.25, 0.3) is 11.2 Å². The number of hydrogen-bond donors (Lipinski definition) is 3. The Hall–Kier alpha value is -3.94. The smallest absolute Gasteiger partial charge is 0.459 e. The lowest BCUT2D eigenvalue weighted by atomic mass is 10.0. The third-order valence-electron chi connectivity index (χ3n) is 11.1. The number of carbonyl (C=O) groups is 1. The van der Waals surface area contributed by atoms with Crippen LogP contribution < -0.4 is 15.3 Å². The standard InChI is InChI=1S/C45H66FN6O7P/c1-3-4-5-6-7-8-9-10-11-12-13-14-15-16-17-18-25-30-56-43(54)37(31-35-26-21-19-22-27-35)51-60(55,59-36-28-23-20-24-29-36)57-33-45(2)38(53)32-39(58-45)52-34-48-40-41(47)49-44(46)50-42(40)52/h19-24,26-29,34,37-39,53H,3-18,25,30-33H2,1-2H3,(H,51,55)(H2,47,49,50)/t37-,38-,39+,45+,60-/m0/s1. The number of fused-ring (bicyclic) bond motifs is 1. The molecular weight excluding hydrogens is 787 g/mol. The molecular formula is C45H66FN6O7P. The van der Waals surface area contributed by atoms with Gasteiger partial charge in [0, 0.05) is 6.42 Å². The zero-order chi connectivity index (χ0) is 42.6. The van der Waals surface area contributed by atoms with Crippen LogP contribution in [0.5, 0.6) is 5.75 Å². The molecule has 4 N–H and O–H groups in total. The average Bonchev–Trinajstić information content (AvgIpc) is 3.80. The Labute approximate surface area is 355 Å². The molecule has 1 aliphatic heterocycles. The number of imidazole rings is 1. The summed E-state index contributed by atoms with van der Waals surface area (Å²) in [6, 6.07) is 16.7. The van der Waals surface area contributed by atoms with Gasteiger partial charge in [-0.15, -0.1) is 0 Å². The summed E-state index contributed by atoms with van der Waals surface area (Å²) in [7, 11) is -4.37. The number of aliphatic hydroxyl groups excluding tert-OH is 1. The van der Waals surface area contributed by atoms with Crippen molar-refractivity contribution in [2.24, 2.45) is 0 Å². The van der Waals surface area contributed by atoms with Gasteiger partial charge in [0.1, 0.15) is 23.6 Å². The number of aromatic nitrogens is 4. The molecule has 0 amide bonds. The van der Waals surface area contributed by atoms with E-state index in [-0.39, 0.29) is 42.2 Å². The molecule has 1 aliphatic rings. The van der Waals surface area contributed by atoms with E-state index in [0.29, 0.717) is 0 Å². The quantitative estimate of drug-likeness (QED) is 0.0205. The van der Waals surface area contributed by atoms with E-state index in [0.717, 1.165) is 24.8 Å². The highest BCUT2D eigenvalue weighted by Gasteiger charge is 2.48. The second kappa shape index (κ2) is 24.5. The van der Waals surface area contributed by atoms with E-state index >= 15 is 0 Å². The van der Waals surface area contributed by atoms with Gasteiger partial charge in [-0.3, -0.25) is 13.9 Å². The van der Waals surface area contributed by atoms with Gasteiger partial charge in [-0.05, 0) is 37.5 Å². The van der Waals surface area contributed by atoms with Gasteiger partial charge >= 0.3 is 19.8 Å². The number of aliphatic hydroxyl groups is 1. The van der Waals surface area contributed by atoms with Crippen LogP contribution in [0.1, 0.15) is 141 Å². The fraction of sp³-hybridized carbons (Fsp3) is 0.600. The van der Waals surface area contributed by atoms with Gasteiger partial charge in [-0.25, -0.2) is 9.55 Å². The summed E-state index contributed by atoms with van der Waals surface area (Å²) in [6.45, 7) is 3.69. The van der Waals surface area contributed by atoms with Crippen molar-refractivity contribution in [3.05, 3.63) is 78.6 Å². The molecule has 0 unspecified atom stereocenters. The van der Waals surface area contributed by atoms with Crippen molar-refractivity contribution in [3.8, 4) is 5.75 Å². The first-order valence-corrected chi connectivity index (χ1v) is 23.6. The summed E-state index contributed by atoms with van der Waals surface area (Å²) in [4.78, 5) is 25.3. The van der Waals surface area contributed by atoms with Crippen molar-refractivity contribution in [3.63, 3.8) is 0 Å². The van der Waals surface area contributed by atoms with Crippen molar-refractivity contribution < 1.29 is 37.4 Å². The monoisotopic (exact) mass is 852 g/mol. The normalized spacial score (nSPS) is 19.3. The number of hydrogen-bond acceptors (Lipinski definition) is 11. The van der Waals surface area contributed by atoms with Crippen LogP contribution in [-0.4, -0.2) is 61.6 Å². The molecule has 1 fully saturated rings. The van der Waals surface area contributed by atoms with Crippen LogP contribution >= 0.6 is 7.75 Å². The molecule has 15 heteroatoms. The van der Waals surface area contributed by atoms with Crippen LogP contribution in [0.4, 0.5) is 10.2 Å². The number of nitrogens with two attached hydrogens (primary N) is 1. The number of halogens is 1. The molecule has 5 rings (SSSR count). The van der Waals surface area contributed by atoms with E-state index in [9.17, 15) is 18.9 Å². The summed E-state index contributed by atoms with van der Waals surface area (Å²) in [6.07, 6.45) is 20.0. The lowest BCUT2D eigenvalue weighted by Gasteiger charge is -2.31. The molecule has 0 bridgehead atoms. The van der Waals surface area contributed by atoms with Gasteiger partial charge in [-0.2, -0.15) is 19.4 Å². The zero-order valence-corrected chi connectivity index (χ0v) is 36.4. The maximum atomic E-state index is 14.7.